The molecule has 0 aliphatic carbocycles. The molecule has 0 atom stereocenters. The number of hydrogen-bond donors (Lipinski definition) is 0. The third-order valence-corrected chi connectivity index (χ3v) is 4.30. The first-order valence-electron chi connectivity index (χ1n) is 7.75. The minimum Gasteiger partial charge on any atom is -0.488 e. The van der Waals surface area contributed by atoms with Gasteiger partial charge in [-0.25, -0.2) is 0 Å². The van der Waals surface area contributed by atoms with Crippen LogP contribution in [0.4, 0.5) is 0 Å². The van der Waals surface area contributed by atoms with E-state index in [2.05, 4.69) is 35.8 Å². The first kappa shape index (κ1) is 17.5. The Bertz CT molecular complexity index is 695. The van der Waals surface area contributed by atoms with Gasteiger partial charge in [-0.2, -0.15) is 0 Å². The number of esters is 1. The van der Waals surface area contributed by atoms with Gasteiger partial charge in [-0.1, -0.05) is 53.5 Å². The summed E-state index contributed by atoms with van der Waals surface area (Å²) < 4.78 is 12.2. The predicted octanol–water partition coefficient (Wildman–Crippen LogP) is 5.21. The Balaban J connectivity index is 2.22. The van der Waals surface area contributed by atoms with Crippen molar-refractivity contribution in [1.29, 1.82) is 0 Å². The molecule has 23 heavy (non-hydrogen) atoms. The van der Waals surface area contributed by atoms with Crippen molar-refractivity contribution in [2.45, 2.75) is 40.2 Å². The van der Waals surface area contributed by atoms with E-state index in [1.165, 1.54) is 11.1 Å². The van der Waals surface area contributed by atoms with Gasteiger partial charge >= 0.3 is 5.97 Å². The number of carbonyl (C=O) groups is 1. The van der Waals surface area contributed by atoms with Gasteiger partial charge in [-0.05, 0) is 37.1 Å². The van der Waals surface area contributed by atoms with Crippen molar-refractivity contribution < 1.29 is 14.3 Å². The van der Waals surface area contributed by atoms with Crippen LogP contribution in [0.1, 0.15) is 37.0 Å². The average molecular weight is 377 g/mol. The molecule has 0 bridgehead atoms. The van der Waals surface area contributed by atoms with Crippen molar-refractivity contribution in [3.05, 3.63) is 57.6 Å². The van der Waals surface area contributed by atoms with E-state index in [1.807, 2.05) is 24.3 Å². The first-order chi connectivity index (χ1) is 11.0. The minimum atomic E-state index is -0.256. The van der Waals surface area contributed by atoms with Crippen LogP contribution in [0.5, 0.6) is 11.5 Å². The molecule has 0 aliphatic rings. The second kappa shape index (κ2) is 8.16. The molecule has 0 radical (unpaired) electrons. The largest absolute Gasteiger partial charge is 0.488 e. The van der Waals surface area contributed by atoms with Crippen LogP contribution < -0.4 is 9.47 Å². The lowest BCUT2D eigenvalue weighted by molar-refractivity contribution is -0.134. The zero-order valence-corrected chi connectivity index (χ0v) is 15.3. The first-order valence-corrected chi connectivity index (χ1v) is 8.54. The van der Waals surface area contributed by atoms with Crippen molar-refractivity contribution in [2.24, 2.45) is 0 Å². The van der Waals surface area contributed by atoms with Gasteiger partial charge in [0.25, 0.3) is 0 Å². The van der Waals surface area contributed by atoms with E-state index in [1.54, 1.807) is 13.0 Å². The summed E-state index contributed by atoms with van der Waals surface area (Å²) in [7, 11) is 0. The lowest BCUT2D eigenvalue weighted by Gasteiger charge is -2.15. The van der Waals surface area contributed by atoms with Crippen LogP contribution in [0.2, 0.25) is 0 Å². The van der Waals surface area contributed by atoms with Crippen molar-refractivity contribution in [3.63, 3.8) is 0 Å². The Morgan fingerprint density at radius 2 is 1.91 bits per heavy atom. The Hall–Kier alpha value is -1.81. The third kappa shape index (κ3) is 4.58. The maximum atomic E-state index is 11.6. The highest BCUT2D eigenvalue weighted by Gasteiger charge is 2.13. The van der Waals surface area contributed by atoms with Gasteiger partial charge in [0.1, 0.15) is 18.1 Å². The Morgan fingerprint density at radius 1 is 1.13 bits per heavy atom. The molecule has 3 nitrogen and oxygen atoms in total. The fourth-order valence-electron chi connectivity index (χ4n) is 2.24. The average Bonchev–Trinajstić information content (AvgIpc) is 2.55. The van der Waals surface area contributed by atoms with Gasteiger partial charge in [0.15, 0.2) is 0 Å². The monoisotopic (exact) mass is 376 g/mol. The van der Waals surface area contributed by atoms with Crippen LogP contribution in [0.25, 0.3) is 0 Å². The molecule has 0 amide bonds. The zero-order chi connectivity index (χ0) is 16.8. The number of carbonyl (C=O) groups excluding carboxylic acids is 1. The Kier molecular flexibility index (Phi) is 6.22. The fourth-order valence-corrected chi connectivity index (χ4v) is 2.71. The fraction of sp³-hybridized carbons (Fsp3) is 0.316. The normalized spacial score (nSPS) is 10.4. The topological polar surface area (TPSA) is 35.5 Å². The van der Waals surface area contributed by atoms with Gasteiger partial charge in [0, 0.05) is 16.5 Å². The summed E-state index contributed by atoms with van der Waals surface area (Å²) in [6.45, 7) is 6.29. The van der Waals surface area contributed by atoms with Crippen molar-refractivity contribution in [3.8, 4) is 11.5 Å². The third-order valence-electron chi connectivity index (χ3n) is 3.56. The van der Waals surface area contributed by atoms with Crippen molar-refractivity contribution in [2.75, 3.05) is 0 Å². The smallest absolute Gasteiger partial charge is 0.310 e. The molecule has 0 aromatic heterocycles. The summed E-state index contributed by atoms with van der Waals surface area (Å²) in [5, 5.41) is 0. The van der Waals surface area contributed by atoms with E-state index in [0.29, 0.717) is 18.8 Å². The summed E-state index contributed by atoms with van der Waals surface area (Å²) in [5.41, 5.74) is 3.22. The number of rotatable bonds is 6. The molecule has 4 heteroatoms. The molecular formula is C19H21BrO3. The second-order valence-electron chi connectivity index (χ2n) is 5.30. The van der Waals surface area contributed by atoms with E-state index in [-0.39, 0.29) is 5.97 Å². The van der Waals surface area contributed by atoms with Crippen molar-refractivity contribution >= 4 is 21.9 Å². The molecule has 2 aromatic rings. The van der Waals surface area contributed by atoms with Crippen LogP contribution in [0.15, 0.2) is 40.9 Å². The van der Waals surface area contributed by atoms with Crippen molar-refractivity contribution in [1.82, 2.24) is 0 Å². The molecule has 0 fully saturated rings. The molecule has 0 saturated carbocycles. The molecule has 0 heterocycles. The second-order valence-corrected chi connectivity index (χ2v) is 6.15. The zero-order valence-electron chi connectivity index (χ0n) is 13.7. The van der Waals surface area contributed by atoms with E-state index < -0.39 is 0 Å². The van der Waals surface area contributed by atoms with Gasteiger partial charge in [0.05, 0.1) is 0 Å². The van der Waals surface area contributed by atoms with Gasteiger partial charge < -0.3 is 9.47 Å². The highest BCUT2D eigenvalue weighted by Crippen LogP contribution is 2.30. The van der Waals surface area contributed by atoms with E-state index >= 15 is 0 Å². The molecular weight excluding hydrogens is 356 g/mol. The minimum absolute atomic E-state index is 0.256. The van der Waals surface area contributed by atoms with Gasteiger partial charge in [-0.3, -0.25) is 4.79 Å². The molecule has 0 N–H and O–H groups in total. The lowest BCUT2D eigenvalue weighted by Crippen LogP contribution is -2.09. The highest BCUT2D eigenvalue weighted by molar-refractivity contribution is 9.10. The van der Waals surface area contributed by atoms with E-state index in [9.17, 15) is 4.79 Å². The highest BCUT2D eigenvalue weighted by atomic mass is 79.9. The Labute approximate surface area is 145 Å². The number of halogens is 1. The van der Waals surface area contributed by atoms with Gasteiger partial charge in [-0.15, -0.1) is 0 Å². The van der Waals surface area contributed by atoms with Gasteiger partial charge in [0.2, 0.25) is 0 Å². The van der Waals surface area contributed by atoms with E-state index in [4.69, 9.17) is 9.47 Å². The summed E-state index contributed by atoms with van der Waals surface area (Å²) in [4.78, 5) is 11.6. The Morgan fingerprint density at radius 3 is 2.61 bits per heavy atom. The molecule has 0 saturated heterocycles. The summed E-state index contributed by atoms with van der Waals surface area (Å²) in [5.74, 6) is 1.15. The molecule has 122 valence electrons. The molecule has 2 rings (SSSR count). The number of hydrogen-bond acceptors (Lipinski definition) is 3. The number of ether oxygens (including phenoxy) is 2. The van der Waals surface area contributed by atoms with Crippen LogP contribution in [0, 0.1) is 6.92 Å². The number of aryl methyl sites for hydroxylation is 2. The molecule has 0 unspecified atom stereocenters. The maximum Gasteiger partial charge on any atom is 0.310 e. The lowest BCUT2D eigenvalue weighted by atomic mass is 10.1. The van der Waals surface area contributed by atoms with E-state index in [0.717, 1.165) is 22.2 Å². The van der Waals surface area contributed by atoms with Crippen LogP contribution in [0.3, 0.4) is 0 Å². The van der Waals surface area contributed by atoms with Crippen LogP contribution in [-0.4, -0.2) is 5.97 Å². The SMILES string of the molecule is CCC(=O)Oc1cccc(Br)c1COc1ccc(C)cc1CC. The molecule has 0 spiro atoms. The summed E-state index contributed by atoms with van der Waals surface area (Å²) in [6, 6.07) is 11.7. The van der Waals surface area contributed by atoms with Crippen LogP contribution in [-0.2, 0) is 17.8 Å². The standard InChI is InChI=1S/C19H21BrO3/c1-4-14-11-13(3)9-10-17(14)22-12-15-16(20)7-6-8-18(15)23-19(21)5-2/h6-11H,4-5,12H2,1-3H3. The quantitative estimate of drug-likeness (QED) is 0.512. The predicted molar refractivity (Wildman–Crippen MR) is 95.0 cm³/mol. The van der Waals surface area contributed by atoms with Crippen LogP contribution >= 0.6 is 15.9 Å². The maximum absolute atomic E-state index is 11.6. The molecule has 2 aromatic carbocycles. The summed E-state index contributed by atoms with van der Waals surface area (Å²) in [6.07, 6.45) is 1.25. The molecule has 0 aliphatic heterocycles. The number of benzene rings is 2. The summed E-state index contributed by atoms with van der Waals surface area (Å²) >= 11 is 3.51.